The van der Waals surface area contributed by atoms with E-state index in [0.717, 1.165) is 19.5 Å². The van der Waals surface area contributed by atoms with Gasteiger partial charge in [-0.3, -0.25) is 0 Å². The van der Waals surface area contributed by atoms with Gasteiger partial charge in [0.15, 0.2) is 0 Å². The molecule has 106 valence electrons. The van der Waals surface area contributed by atoms with Gasteiger partial charge in [-0.1, -0.05) is 6.07 Å². The molecule has 1 fully saturated rings. The monoisotopic (exact) mass is 267 g/mol. The molecule has 0 saturated carbocycles. The molecule has 2 atom stereocenters. The maximum atomic E-state index is 13.0. The summed E-state index contributed by atoms with van der Waals surface area (Å²) >= 11 is 0. The molecule has 0 bridgehead atoms. The Labute approximate surface area is 114 Å². The Balaban J connectivity index is 1.80. The third-order valence-corrected chi connectivity index (χ3v) is 3.75. The van der Waals surface area contributed by atoms with E-state index in [-0.39, 0.29) is 18.3 Å². The van der Waals surface area contributed by atoms with Gasteiger partial charge in [0.1, 0.15) is 18.2 Å². The van der Waals surface area contributed by atoms with Crippen LogP contribution in [0.1, 0.15) is 20.3 Å². The van der Waals surface area contributed by atoms with Crippen molar-refractivity contribution in [3.8, 4) is 5.75 Å². The first kappa shape index (κ1) is 14.3. The lowest BCUT2D eigenvalue weighted by atomic mass is 10.0. The zero-order valence-electron chi connectivity index (χ0n) is 11.6. The third-order valence-electron chi connectivity index (χ3n) is 3.75. The number of nitrogens with zero attached hydrogens (tertiary/aromatic N) is 1. The molecule has 0 amide bonds. The van der Waals surface area contributed by atoms with E-state index in [1.807, 2.05) is 0 Å². The van der Waals surface area contributed by atoms with Crippen LogP contribution in [0.3, 0.4) is 0 Å². The first-order valence-corrected chi connectivity index (χ1v) is 6.86. The van der Waals surface area contributed by atoms with Crippen molar-refractivity contribution in [3.63, 3.8) is 0 Å². The van der Waals surface area contributed by atoms with Crippen LogP contribution in [-0.4, -0.2) is 41.8 Å². The molecule has 1 aromatic carbocycles. The predicted molar refractivity (Wildman–Crippen MR) is 72.7 cm³/mol. The number of ether oxygens (including phenoxy) is 1. The lowest BCUT2D eigenvalue weighted by Crippen LogP contribution is -2.33. The van der Waals surface area contributed by atoms with E-state index in [2.05, 4.69) is 18.7 Å². The van der Waals surface area contributed by atoms with Gasteiger partial charge in [-0.05, 0) is 38.9 Å². The molecular formula is C15H22FNO2. The molecule has 1 saturated heterocycles. The van der Waals surface area contributed by atoms with Crippen molar-refractivity contribution in [3.05, 3.63) is 30.1 Å². The summed E-state index contributed by atoms with van der Waals surface area (Å²) in [6, 6.07) is 6.53. The molecule has 0 aromatic heterocycles. The summed E-state index contributed by atoms with van der Waals surface area (Å²) in [7, 11) is 0. The second kappa shape index (κ2) is 6.35. The summed E-state index contributed by atoms with van der Waals surface area (Å²) < 4.78 is 18.4. The van der Waals surface area contributed by atoms with Crippen molar-refractivity contribution in [1.29, 1.82) is 0 Å². The molecule has 1 N–H and O–H groups in total. The van der Waals surface area contributed by atoms with Crippen molar-refractivity contribution < 1.29 is 14.2 Å². The Hall–Kier alpha value is -1.13. The Bertz CT molecular complexity index is 411. The van der Waals surface area contributed by atoms with Crippen molar-refractivity contribution in [2.75, 3.05) is 19.7 Å². The van der Waals surface area contributed by atoms with E-state index in [1.165, 1.54) is 12.1 Å². The molecular weight excluding hydrogens is 245 g/mol. The summed E-state index contributed by atoms with van der Waals surface area (Å²) in [4.78, 5) is 2.36. The van der Waals surface area contributed by atoms with E-state index in [9.17, 15) is 9.50 Å². The SMILES string of the molecule is CC(C)N1CCC(C(O)COc2cccc(F)c2)C1. The highest BCUT2D eigenvalue weighted by atomic mass is 19.1. The van der Waals surface area contributed by atoms with Gasteiger partial charge in [-0.25, -0.2) is 4.39 Å². The Morgan fingerprint density at radius 2 is 2.26 bits per heavy atom. The van der Waals surface area contributed by atoms with Crippen LogP contribution in [0.15, 0.2) is 24.3 Å². The number of aliphatic hydroxyl groups excluding tert-OH is 1. The molecule has 1 aromatic rings. The van der Waals surface area contributed by atoms with Crippen molar-refractivity contribution in [1.82, 2.24) is 4.90 Å². The van der Waals surface area contributed by atoms with Gasteiger partial charge >= 0.3 is 0 Å². The molecule has 1 aliphatic rings. The largest absolute Gasteiger partial charge is 0.491 e. The van der Waals surface area contributed by atoms with Crippen LogP contribution in [0.5, 0.6) is 5.75 Å². The second-order valence-corrected chi connectivity index (χ2v) is 5.47. The number of halogens is 1. The first-order valence-electron chi connectivity index (χ1n) is 6.86. The average molecular weight is 267 g/mol. The zero-order chi connectivity index (χ0) is 13.8. The third kappa shape index (κ3) is 3.91. The predicted octanol–water partition coefficient (Wildman–Crippen LogP) is 2.30. The summed E-state index contributed by atoms with van der Waals surface area (Å²) in [5.41, 5.74) is 0. The fraction of sp³-hybridized carbons (Fsp3) is 0.600. The van der Waals surface area contributed by atoms with Gasteiger partial charge in [0, 0.05) is 24.6 Å². The van der Waals surface area contributed by atoms with E-state index in [0.29, 0.717) is 11.8 Å². The molecule has 2 rings (SSSR count). The molecule has 0 spiro atoms. The Morgan fingerprint density at radius 1 is 1.47 bits per heavy atom. The first-order chi connectivity index (χ1) is 9.06. The standard InChI is InChI=1S/C15H22FNO2/c1-11(2)17-7-6-12(9-17)15(18)10-19-14-5-3-4-13(16)8-14/h3-5,8,11-12,15,18H,6-7,9-10H2,1-2H3. The summed E-state index contributed by atoms with van der Waals surface area (Å²) in [6.07, 6.45) is 0.498. The molecule has 1 heterocycles. The highest BCUT2D eigenvalue weighted by Crippen LogP contribution is 2.22. The maximum Gasteiger partial charge on any atom is 0.126 e. The van der Waals surface area contributed by atoms with E-state index >= 15 is 0 Å². The van der Waals surface area contributed by atoms with E-state index in [4.69, 9.17) is 4.74 Å². The maximum absolute atomic E-state index is 13.0. The molecule has 4 heteroatoms. The molecule has 2 unspecified atom stereocenters. The Kier molecular flexibility index (Phi) is 4.77. The zero-order valence-corrected chi connectivity index (χ0v) is 11.6. The quantitative estimate of drug-likeness (QED) is 0.888. The summed E-state index contributed by atoms with van der Waals surface area (Å²) in [6.45, 7) is 6.49. The minimum atomic E-state index is -0.494. The fourth-order valence-electron chi connectivity index (χ4n) is 2.47. The molecule has 0 aliphatic carbocycles. The van der Waals surface area contributed by atoms with Gasteiger partial charge in [-0.2, -0.15) is 0 Å². The highest BCUT2D eigenvalue weighted by Gasteiger charge is 2.29. The van der Waals surface area contributed by atoms with Gasteiger partial charge in [0.25, 0.3) is 0 Å². The van der Waals surface area contributed by atoms with Gasteiger partial charge in [-0.15, -0.1) is 0 Å². The summed E-state index contributed by atoms with van der Waals surface area (Å²) in [5.74, 6) is 0.396. The smallest absolute Gasteiger partial charge is 0.126 e. The van der Waals surface area contributed by atoms with Gasteiger partial charge < -0.3 is 14.7 Å². The van der Waals surface area contributed by atoms with Gasteiger partial charge in [0.05, 0.1) is 6.10 Å². The molecule has 19 heavy (non-hydrogen) atoms. The lowest BCUT2D eigenvalue weighted by Gasteiger charge is -2.22. The van der Waals surface area contributed by atoms with Crippen LogP contribution in [0.4, 0.5) is 4.39 Å². The van der Waals surface area contributed by atoms with Crippen LogP contribution in [0.25, 0.3) is 0 Å². The highest BCUT2D eigenvalue weighted by molar-refractivity contribution is 5.22. The van der Waals surface area contributed by atoms with Crippen molar-refractivity contribution in [2.45, 2.75) is 32.4 Å². The molecule has 1 aliphatic heterocycles. The van der Waals surface area contributed by atoms with E-state index < -0.39 is 6.10 Å². The minimum absolute atomic E-state index is 0.222. The van der Waals surface area contributed by atoms with Crippen LogP contribution in [0.2, 0.25) is 0 Å². The number of hydrogen-bond acceptors (Lipinski definition) is 3. The fourth-order valence-corrected chi connectivity index (χ4v) is 2.47. The number of likely N-dealkylation sites (tertiary alicyclic amines) is 1. The number of aliphatic hydroxyl groups is 1. The number of hydrogen-bond donors (Lipinski definition) is 1. The average Bonchev–Trinajstić information content (AvgIpc) is 2.86. The number of benzene rings is 1. The molecule has 0 radical (unpaired) electrons. The lowest BCUT2D eigenvalue weighted by molar-refractivity contribution is 0.0582. The minimum Gasteiger partial charge on any atom is -0.491 e. The Morgan fingerprint density at radius 3 is 2.89 bits per heavy atom. The van der Waals surface area contributed by atoms with E-state index in [1.54, 1.807) is 12.1 Å². The normalized spacial score (nSPS) is 21.8. The van der Waals surface area contributed by atoms with Gasteiger partial charge in [0.2, 0.25) is 0 Å². The van der Waals surface area contributed by atoms with Crippen LogP contribution < -0.4 is 4.74 Å². The van der Waals surface area contributed by atoms with Crippen LogP contribution in [0, 0.1) is 11.7 Å². The van der Waals surface area contributed by atoms with Crippen molar-refractivity contribution in [2.24, 2.45) is 5.92 Å². The van der Waals surface area contributed by atoms with Crippen LogP contribution >= 0.6 is 0 Å². The second-order valence-electron chi connectivity index (χ2n) is 5.47. The summed E-state index contributed by atoms with van der Waals surface area (Å²) in [5, 5.41) is 10.1. The topological polar surface area (TPSA) is 32.7 Å². The van der Waals surface area contributed by atoms with Crippen molar-refractivity contribution >= 4 is 0 Å². The van der Waals surface area contributed by atoms with Crippen LogP contribution in [-0.2, 0) is 0 Å². The molecule has 3 nitrogen and oxygen atoms in total. The number of rotatable bonds is 5.